The molecule has 0 saturated carbocycles. The lowest BCUT2D eigenvalue weighted by molar-refractivity contribution is -0.136. The lowest BCUT2D eigenvalue weighted by Gasteiger charge is -2.33. The van der Waals surface area contributed by atoms with E-state index in [9.17, 15) is 19.2 Å². The number of guanidine groups is 3. The number of nitrogens with two attached hydrogens (primary N) is 7. The average Bonchev–Trinajstić information content (AvgIpc) is 3.13. The molecule has 21 heteroatoms. The van der Waals surface area contributed by atoms with Crippen LogP contribution in [0.3, 0.4) is 0 Å². The lowest BCUT2D eigenvalue weighted by atomic mass is 9.85. The maximum Gasteiger partial charge on any atom is 0.243 e. The zero-order valence-electron chi connectivity index (χ0n) is 32.5. The van der Waals surface area contributed by atoms with Gasteiger partial charge >= 0.3 is 0 Å². The van der Waals surface area contributed by atoms with Gasteiger partial charge in [0, 0.05) is 12.1 Å². The molecule has 0 fully saturated rings. The average molecular weight is 796 g/mol. The Morgan fingerprint density at radius 3 is 1.67 bits per heavy atom. The van der Waals surface area contributed by atoms with E-state index < -0.39 is 47.2 Å². The summed E-state index contributed by atoms with van der Waals surface area (Å²) < 4.78 is 0. The van der Waals surface area contributed by atoms with Gasteiger partial charge in [0.1, 0.15) is 37.2 Å². The SMILES string of the molecule is CC(C)(C)[C@H](NC(=O)[C@H](CCCON=C(N)N)NC(=O)Cc1ccc(CN=C(N)N)cc1)C(=O)N[C@@H](CCCON=C(N)N)C(=O)NCc1ccc(C(=N)N)cc1. The molecule has 4 amide bonds. The Labute approximate surface area is 331 Å². The Morgan fingerprint density at radius 1 is 0.667 bits per heavy atom. The van der Waals surface area contributed by atoms with Crippen LogP contribution in [0.5, 0.6) is 0 Å². The smallest absolute Gasteiger partial charge is 0.243 e. The van der Waals surface area contributed by atoms with Crippen molar-refractivity contribution < 1.29 is 28.9 Å². The molecule has 0 aliphatic rings. The van der Waals surface area contributed by atoms with Crippen LogP contribution in [0.1, 0.15) is 68.7 Å². The summed E-state index contributed by atoms with van der Waals surface area (Å²) in [5, 5.41) is 25.7. The van der Waals surface area contributed by atoms with Crippen LogP contribution in [-0.2, 0) is 48.4 Å². The van der Waals surface area contributed by atoms with Crippen LogP contribution < -0.4 is 61.4 Å². The Morgan fingerprint density at radius 2 is 1.18 bits per heavy atom. The number of aliphatic imine (C=N–C) groups is 1. The van der Waals surface area contributed by atoms with Crippen LogP contribution in [0, 0.1) is 10.8 Å². The molecule has 57 heavy (non-hydrogen) atoms. The van der Waals surface area contributed by atoms with Crippen molar-refractivity contribution in [3.8, 4) is 0 Å². The summed E-state index contributed by atoms with van der Waals surface area (Å²) in [6.07, 6.45) is 0.689. The molecule has 0 heterocycles. The van der Waals surface area contributed by atoms with E-state index in [2.05, 4.69) is 36.6 Å². The predicted molar refractivity (Wildman–Crippen MR) is 216 cm³/mol. The van der Waals surface area contributed by atoms with E-state index in [1.54, 1.807) is 69.3 Å². The highest BCUT2D eigenvalue weighted by Crippen LogP contribution is 2.21. The second-order valence-electron chi connectivity index (χ2n) is 14.0. The van der Waals surface area contributed by atoms with Gasteiger partial charge in [-0.3, -0.25) is 24.6 Å². The minimum atomic E-state index is -1.16. The van der Waals surface area contributed by atoms with Crippen LogP contribution in [-0.4, -0.2) is 78.7 Å². The van der Waals surface area contributed by atoms with Gasteiger partial charge in [-0.15, -0.1) is 0 Å². The topological polar surface area (TPSA) is 378 Å². The highest BCUT2D eigenvalue weighted by Gasteiger charge is 2.36. The highest BCUT2D eigenvalue weighted by molar-refractivity contribution is 5.95. The molecule has 2 aromatic rings. The van der Waals surface area contributed by atoms with E-state index in [0.29, 0.717) is 11.1 Å². The maximum absolute atomic E-state index is 14.0. The van der Waals surface area contributed by atoms with Crippen molar-refractivity contribution in [3.05, 3.63) is 70.8 Å². The molecule has 2 aromatic carbocycles. The molecular weight excluding hydrogens is 738 g/mol. The van der Waals surface area contributed by atoms with Crippen molar-refractivity contribution in [3.63, 3.8) is 0 Å². The number of oxime groups is 2. The number of carbonyl (C=O) groups is 4. The molecule has 0 aliphatic heterocycles. The van der Waals surface area contributed by atoms with E-state index in [0.717, 1.165) is 11.1 Å². The number of nitrogens with one attached hydrogen (secondary N) is 5. The van der Waals surface area contributed by atoms with Gasteiger partial charge in [-0.1, -0.05) is 69.3 Å². The number of rotatable bonds is 23. The lowest BCUT2D eigenvalue weighted by Crippen LogP contribution is -2.60. The molecule has 19 N–H and O–H groups in total. The van der Waals surface area contributed by atoms with Crippen molar-refractivity contribution in [2.24, 2.45) is 60.9 Å². The van der Waals surface area contributed by atoms with Gasteiger partial charge in [0.25, 0.3) is 0 Å². The Kier molecular flexibility index (Phi) is 18.9. The largest absolute Gasteiger partial charge is 0.393 e. The normalized spacial score (nSPS) is 12.3. The molecular formula is C36H57N15O6. The van der Waals surface area contributed by atoms with Crippen LogP contribution in [0.2, 0.25) is 0 Å². The van der Waals surface area contributed by atoms with Crippen LogP contribution >= 0.6 is 0 Å². The van der Waals surface area contributed by atoms with Gasteiger partial charge in [0.2, 0.25) is 35.5 Å². The van der Waals surface area contributed by atoms with Crippen LogP contribution in [0.4, 0.5) is 0 Å². The van der Waals surface area contributed by atoms with Crippen molar-refractivity contribution in [1.29, 1.82) is 5.41 Å². The van der Waals surface area contributed by atoms with Gasteiger partial charge in [-0.05, 0) is 58.1 Å². The minimum absolute atomic E-state index is 0.0303. The number of amides is 4. The van der Waals surface area contributed by atoms with Gasteiger partial charge in [-0.25, -0.2) is 4.99 Å². The third kappa shape index (κ3) is 18.4. The third-order valence-electron chi connectivity index (χ3n) is 8.06. The summed E-state index contributed by atoms with van der Waals surface area (Å²) in [6.45, 7) is 5.69. The van der Waals surface area contributed by atoms with Gasteiger partial charge in [-0.2, -0.15) is 0 Å². The first-order valence-corrected chi connectivity index (χ1v) is 18.0. The standard InChI is InChI=1S/C36H57N15O6/c1-36(2,3)28(32(55)48-25(6-4-16-56-50-34(41)42)30(53)45-19-23-12-14-24(15-13-23)29(37)38)49-31(54)26(7-5-17-57-51-35(43)44)47-27(52)18-21-8-10-22(11-9-21)20-46-33(39)40/h8-15,25-26,28H,4-7,16-20H2,1-3H3,(H3,37,38)(H,45,53)(H,47,52)(H,48,55)(H,49,54)(H4,39,40,46)(H4,41,42,50)(H4,43,44,51)/t25-,26-,28+/m0/s1. The molecule has 0 radical (unpaired) electrons. The van der Waals surface area contributed by atoms with E-state index >= 15 is 0 Å². The molecule has 0 aromatic heterocycles. The van der Waals surface area contributed by atoms with Crippen LogP contribution in [0.25, 0.3) is 0 Å². The number of carbonyl (C=O) groups excluding carboxylic acids is 4. The first kappa shape index (κ1) is 46.4. The molecule has 3 atom stereocenters. The van der Waals surface area contributed by atoms with E-state index in [-0.39, 0.29) is 82.1 Å². The number of nitrogen functional groups attached to an aromatic ring is 1. The third-order valence-corrected chi connectivity index (χ3v) is 8.06. The molecule has 2 rings (SSSR count). The number of benzene rings is 2. The summed E-state index contributed by atoms with van der Waals surface area (Å²) in [6, 6.07) is 10.5. The fraction of sp³-hybridized carbons (Fsp3) is 0.444. The van der Waals surface area contributed by atoms with E-state index in [4.69, 9.17) is 55.2 Å². The minimum Gasteiger partial charge on any atom is -0.393 e. The Hall–Kier alpha value is -6.80. The van der Waals surface area contributed by atoms with Crippen molar-refractivity contribution in [1.82, 2.24) is 21.3 Å². The molecule has 0 aliphatic carbocycles. The molecule has 312 valence electrons. The molecule has 21 nitrogen and oxygen atoms in total. The number of hydrogen-bond donors (Lipinski definition) is 12. The van der Waals surface area contributed by atoms with Crippen LogP contribution in [0.15, 0.2) is 63.8 Å². The molecule has 0 saturated heterocycles. The van der Waals surface area contributed by atoms with E-state index in [1.807, 2.05) is 0 Å². The summed E-state index contributed by atoms with van der Waals surface area (Å²) in [4.78, 5) is 68.6. The second-order valence-corrected chi connectivity index (χ2v) is 14.0. The quantitative estimate of drug-likeness (QED) is 0.0253. The number of amidine groups is 1. The van der Waals surface area contributed by atoms with Gasteiger partial charge in [0.05, 0.1) is 13.0 Å². The zero-order valence-corrected chi connectivity index (χ0v) is 32.5. The molecule has 0 unspecified atom stereocenters. The molecule has 0 spiro atoms. The fourth-order valence-corrected chi connectivity index (χ4v) is 5.15. The first-order valence-electron chi connectivity index (χ1n) is 18.0. The fourth-order valence-electron chi connectivity index (χ4n) is 5.15. The Bertz CT molecular complexity index is 1730. The second kappa shape index (κ2) is 23.2. The summed E-state index contributed by atoms with van der Waals surface area (Å²) in [5.74, 6) is -2.94. The molecule has 0 bridgehead atoms. The van der Waals surface area contributed by atoms with Crippen molar-refractivity contribution in [2.45, 2.75) is 84.1 Å². The number of nitrogens with zero attached hydrogens (tertiary/aromatic N) is 3. The summed E-state index contributed by atoms with van der Waals surface area (Å²) in [5.41, 5.74) is 39.5. The predicted octanol–water partition coefficient (Wildman–Crippen LogP) is -1.93. The maximum atomic E-state index is 14.0. The monoisotopic (exact) mass is 795 g/mol. The summed E-state index contributed by atoms with van der Waals surface area (Å²) in [7, 11) is 0. The van der Waals surface area contributed by atoms with E-state index in [1.165, 1.54) is 0 Å². The highest BCUT2D eigenvalue weighted by atomic mass is 16.6. The Balaban J connectivity index is 2.24. The van der Waals surface area contributed by atoms with Crippen molar-refractivity contribution in [2.75, 3.05) is 13.2 Å². The van der Waals surface area contributed by atoms with Gasteiger partial charge < -0.3 is 71.1 Å². The number of hydrogen-bond acceptors (Lipinski definition) is 10. The first-order chi connectivity index (χ1) is 26.8. The summed E-state index contributed by atoms with van der Waals surface area (Å²) >= 11 is 0. The van der Waals surface area contributed by atoms with Gasteiger partial charge in [0.15, 0.2) is 5.96 Å². The van der Waals surface area contributed by atoms with Crippen molar-refractivity contribution >= 4 is 47.3 Å². The zero-order chi connectivity index (χ0) is 42.5.